The zero-order valence-corrected chi connectivity index (χ0v) is 40.0. The van der Waals surface area contributed by atoms with Gasteiger partial charge in [0.2, 0.25) is 0 Å². The quantitative estimate of drug-likeness (QED) is 0.195. The van der Waals surface area contributed by atoms with Crippen LogP contribution in [0.3, 0.4) is 0 Å². The van der Waals surface area contributed by atoms with Crippen molar-refractivity contribution in [1.82, 2.24) is 0 Å². The monoisotopic (exact) mass is 786 g/mol. The first-order valence-electron chi connectivity index (χ1n) is 16.5. The number of piperidine rings is 1. The van der Waals surface area contributed by atoms with Crippen LogP contribution >= 0.6 is 0 Å². The Morgan fingerprint density at radius 3 is 0.830 bits per heavy atom. The number of allylic oxidation sites excluding steroid dienone is 2. The van der Waals surface area contributed by atoms with Gasteiger partial charge >= 0.3 is 15.9 Å². The van der Waals surface area contributed by atoms with Crippen LogP contribution in [0, 0.1) is 0 Å². The van der Waals surface area contributed by atoms with Gasteiger partial charge in [-0.25, -0.2) is 0 Å². The molecule has 0 amide bonds. The van der Waals surface area contributed by atoms with E-state index >= 15 is 0 Å². The first-order valence-corrected chi connectivity index (χ1v) is 22.2. The van der Waals surface area contributed by atoms with Crippen molar-refractivity contribution < 1.29 is 46.0 Å². The van der Waals surface area contributed by atoms with E-state index in [4.69, 9.17) is 50.7 Å². The molecule has 278 valence electrons. The van der Waals surface area contributed by atoms with Crippen LogP contribution in [0.4, 0.5) is 0 Å². The zero-order valence-electron chi connectivity index (χ0n) is 33.4. The minimum Gasteiger partial charge on any atom is -0.708 e. The maximum absolute atomic E-state index is 5.89. The van der Waals surface area contributed by atoms with Gasteiger partial charge in [-0.1, -0.05) is 31.4 Å². The van der Waals surface area contributed by atoms with E-state index in [9.17, 15) is 0 Å². The van der Waals surface area contributed by atoms with Gasteiger partial charge in [-0.2, -0.15) is 6.20 Å². The Morgan fingerprint density at radius 1 is 0.468 bits per heavy atom. The smallest absolute Gasteiger partial charge is 0.346 e. The molecule has 0 radical (unpaired) electrons. The van der Waals surface area contributed by atoms with Gasteiger partial charge < -0.3 is 61.3 Å². The molecular weight excluding hydrogens is 718 g/mol. The van der Waals surface area contributed by atoms with Crippen LogP contribution in [0.1, 0.15) is 144 Å². The minimum absolute atomic E-state index is 0. The van der Waals surface area contributed by atoms with E-state index < -0.39 is 15.9 Å². The zero-order chi connectivity index (χ0) is 36.7. The van der Waals surface area contributed by atoms with E-state index in [1.807, 2.05) is 143 Å². The summed E-state index contributed by atoms with van der Waals surface area (Å²) >= 11 is 11.0. The summed E-state index contributed by atoms with van der Waals surface area (Å²) in [6.45, 7) is 38.3. The molecule has 0 atom stereocenters. The molecule has 0 aromatic rings. The Balaban J connectivity index is -0.000000598. The fourth-order valence-electron chi connectivity index (χ4n) is 3.48. The summed E-state index contributed by atoms with van der Waals surface area (Å²) in [7, 11) is -6.14. The molecule has 0 N–H and O–H groups in total. The molecule has 47 heavy (non-hydrogen) atoms. The maximum atomic E-state index is 5.89. The van der Waals surface area contributed by atoms with Gasteiger partial charge in [0.15, 0.2) is 0 Å². The van der Waals surface area contributed by atoms with Crippen LogP contribution in [-0.2, 0) is 70.2 Å². The fraction of sp³-hybridized carbons (Fsp3) is 0.882. The molecule has 2 aliphatic heterocycles. The Labute approximate surface area is 316 Å². The van der Waals surface area contributed by atoms with Gasteiger partial charge in [0, 0.05) is 19.5 Å². The summed E-state index contributed by atoms with van der Waals surface area (Å²) in [4.78, 5) is 0. The molecular formula is C34H70N2O6S2Si2Zn-4. The van der Waals surface area contributed by atoms with Crippen LogP contribution in [0.5, 0.6) is 0 Å². The van der Waals surface area contributed by atoms with Crippen molar-refractivity contribution in [2.45, 2.75) is 177 Å². The third kappa shape index (κ3) is 39.4. The Bertz CT molecular complexity index is 723. The summed E-state index contributed by atoms with van der Waals surface area (Å²) < 4.78 is 35.3. The van der Waals surface area contributed by atoms with E-state index in [0.717, 1.165) is 19.6 Å². The average Bonchev–Trinajstić information content (AvgIpc) is 2.74. The molecule has 0 aromatic carbocycles. The number of hydrogen-bond donors (Lipinski definition) is 0. The van der Waals surface area contributed by atoms with Crippen molar-refractivity contribution in [3.8, 4) is 0 Å². The summed E-state index contributed by atoms with van der Waals surface area (Å²) in [6, 6.07) is 0. The maximum Gasteiger partial charge on any atom is 0.346 e. The van der Waals surface area contributed by atoms with Gasteiger partial charge in [0.05, 0.1) is 33.6 Å². The van der Waals surface area contributed by atoms with Crippen LogP contribution in [-0.4, -0.2) is 69.1 Å². The molecule has 8 nitrogen and oxygen atoms in total. The Hall–Kier alpha value is 0.757. The predicted octanol–water partition coefficient (Wildman–Crippen LogP) is 9.81. The first kappa shape index (κ1) is 52.1. The molecule has 13 heteroatoms. The van der Waals surface area contributed by atoms with Crippen molar-refractivity contribution in [2.24, 2.45) is 0 Å². The van der Waals surface area contributed by atoms with E-state index in [1.54, 1.807) is 6.20 Å². The fourth-order valence-corrected chi connectivity index (χ4v) is 12.7. The number of nitrogens with zero attached hydrogens (tertiary/aromatic N) is 2. The minimum atomic E-state index is -3.07. The Morgan fingerprint density at radius 2 is 0.745 bits per heavy atom. The molecule has 0 aliphatic carbocycles. The molecule has 0 aromatic heterocycles. The van der Waals surface area contributed by atoms with E-state index in [1.165, 1.54) is 19.3 Å². The molecule has 0 spiro atoms. The summed E-state index contributed by atoms with van der Waals surface area (Å²) in [5, 5.41) is 8.09. The molecule has 0 saturated carbocycles. The Kier molecular flexibility index (Phi) is 24.4. The van der Waals surface area contributed by atoms with E-state index in [2.05, 4.69) is 10.6 Å². The van der Waals surface area contributed by atoms with Gasteiger partial charge in [0.25, 0.3) is 0 Å². The SMILES string of the molecule is C1=CC[N-]C=C1.C1CC[N-]CC1.CC(C)(C)O[Si]([S-])(OC(C)(C)C)OC(C)(C)C.CC(C)(C)O[Si]([S-])(OC(C)(C)C)OC(C)(C)C.[Zn]. The van der Waals surface area contributed by atoms with Crippen LogP contribution in [0.15, 0.2) is 24.4 Å². The van der Waals surface area contributed by atoms with Crippen LogP contribution in [0.2, 0.25) is 0 Å². The van der Waals surface area contributed by atoms with Gasteiger partial charge in [-0.05, 0) is 125 Å². The van der Waals surface area contributed by atoms with Crippen LogP contribution < -0.4 is 0 Å². The second-order valence-corrected chi connectivity index (χ2v) is 23.4. The molecule has 2 aliphatic rings. The van der Waals surface area contributed by atoms with E-state index in [-0.39, 0.29) is 53.1 Å². The largest absolute Gasteiger partial charge is 0.708 e. The van der Waals surface area contributed by atoms with Crippen molar-refractivity contribution in [2.75, 3.05) is 19.6 Å². The van der Waals surface area contributed by atoms with Crippen molar-refractivity contribution >= 4 is 40.1 Å². The average molecular weight is 789 g/mol. The molecule has 0 bridgehead atoms. The normalized spacial score (nSPS) is 16.3. The summed E-state index contributed by atoms with van der Waals surface area (Å²) in [6.07, 6.45) is 11.8. The van der Waals surface area contributed by atoms with Gasteiger partial charge in [-0.3, -0.25) is 0 Å². The second-order valence-electron chi connectivity index (χ2n) is 17.2. The van der Waals surface area contributed by atoms with Gasteiger partial charge in [-0.15, -0.1) is 25.7 Å². The molecule has 2 rings (SSSR count). The molecule has 0 unspecified atom stereocenters. The predicted molar refractivity (Wildman–Crippen MR) is 205 cm³/mol. The van der Waals surface area contributed by atoms with Gasteiger partial charge in [0.1, 0.15) is 0 Å². The van der Waals surface area contributed by atoms with Crippen molar-refractivity contribution in [3.05, 3.63) is 35.1 Å². The van der Waals surface area contributed by atoms with Crippen LogP contribution in [0.25, 0.3) is 10.6 Å². The molecule has 1 fully saturated rings. The first-order chi connectivity index (χ1) is 20.2. The van der Waals surface area contributed by atoms with Crippen molar-refractivity contribution in [1.29, 1.82) is 0 Å². The van der Waals surface area contributed by atoms with E-state index in [0.29, 0.717) is 0 Å². The molecule has 2 heterocycles. The van der Waals surface area contributed by atoms with Crippen molar-refractivity contribution in [3.63, 3.8) is 0 Å². The number of rotatable bonds is 6. The molecule has 1 saturated heterocycles. The summed E-state index contributed by atoms with van der Waals surface area (Å²) in [5.74, 6) is 0. The number of hydrogen-bond acceptors (Lipinski definition) is 8. The third-order valence-electron chi connectivity index (χ3n) is 4.37. The second kappa shape index (κ2) is 22.0. The summed E-state index contributed by atoms with van der Waals surface area (Å²) in [5.41, 5.74) is -2.22. The topological polar surface area (TPSA) is 83.6 Å². The third-order valence-corrected chi connectivity index (χ3v) is 11.0. The standard InChI is InChI=1S/2C12H27O3SSi.C5H10N.C5H6N.Zn/c2*1-10(2,3)13-17(16,14-11(4,5)6)15-12(7,8)9;2*1-2-4-6-5-3-1;/h2*1-9H3;1-5H2;1-4H,5H2;/q4*-1;.